The molecule has 1 saturated heterocycles. The second-order valence-corrected chi connectivity index (χ2v) is 6.28. The molecule has 0 aliphatic carbocycles. The number of halogens is 1. The van der Waals surface area contributed by atoms with E-state index in [0.29, 0.717) is 23.7 Å². The predicted octanol–water partition coefficient (Wildman–Crippen LogP) is 3.58. The topological polar surface area (TPSA) is 61.4 Å². The van der Waals surface area contributed by atoms with Crippen LogP contribution in [0.25, 0.3) is 0 Å². The number of rotatable bonds is 3. The van der Waals surface area contributed by atoms with Crippen molar-refractivity contribution in [1.82, 2.24) is 5.32 Å². The molecule has 6 heteroatoms. The Morgan fingerprint density at radius 2 is 1.79 bits per heavy atom. The third-order valence-corrected chi connectivity index (χ3v) is 4.16. The van der Waals surface area contributed by atoms with Crippen LogP contribution < -0.4 is 15.5 Å². The molecule has 2 aromatic carbocycles. The number of anilines is 2. The number of carbonyl (C=O) groups excluding carboxylic acids is 2. The number of benzene rings is 2. The van der Waals surface area contributed by atoms with Crippen molar-refractivity contribution in [2.45, 2.75) is 19.4 Å². The number of aryl methyl sites for hydroxylation is 1. The summed E-state index contributed by atoms with van der Waals surface area (Å²) in [6, 6.07) is 14.1. The summed E-state index contributed by atoms with van der Waals surface area (Å²) < 4.78 is 0. The van der Waals surface area contributed by atoms with Crippen LogP contribution in [-0.2, 0) is 4.79 Å². The smallest absolute Gasteiger partial charge is 0.319 e. The highest BCUT2D eigenvalue weighted by Crippen LogP contribution is 2.22. The molecule has 124 valence electrons. The van der Waals surface area contributed by atoms with E-state index in [4.69, 9.17) is 11.6 Å². The molecule has 1 heterocycles. The van der Waals surface area contributed by atoms with E-state index in [1.165, 1.54) is 0 Å². The van der Waals surface area contributed by atoms with Gasteiger partial charge in [0.15, 0.2) is 0 Å². The van der Waals surface area contributed by atoms with Gasteiger partial charge in [-0.2, -0.15) is 0 Å². The molecule has 3 amide bonds. The minimum absolute atomic E-state index is 0.00986. The van der Waals surface area contributed by atoms with E-state index in [-0.39, 0.29) is 18.0 Å². The van der Waals surface area contributed by atoms with Crippen LogP contribution in [0.3, 0.4) is 0 Å². The summed E-state index contributed by atoms with van der Waals surface area (Å²) in [6.07, 6.45) is 0.294. The van der Waals surface area contributed by atoms with E-state index in [0.717, 1.165) is 11.3 Å². The fourth-order valence-corrected chi connectivity index (χ4v) is 2.79. The molecule has 5 nitrogen and oxygen atoms in total. The first-order valence-electron chi connectivity index (χ1n) is 7.71. The van der Waals surface area contributed by atoms with Gasteiger partial charge in [0.25, 0.3) is 0 Å². The summed E-state index contributed by atoms with van der Waals surface area (Å²) in [5, 5.41) is 6.18. The van der Waals surface area contributed by atoms with Crippen LogP contribution in [0, 0.1) is 6.92 Å². The largest absolute Gasteiger partial charge is 0.333 e. The molecule has 0 spiro atoms. The van der Waals surface area contributed by atoms with Gasteiger partial charge in [0.1, 0.15) is 0 Å². The second-order valence-electron chi connectivity index (χ2n) is 5.85. The quantitative estimate of drug-likeness (QED) is 0.894. The molecular formula is C18H18ClN3O2. The molecular weight excluding hydrogens is 326 g/mol. The number of hydrogen-bond donors (Lipinski definition) is 2. The van der Waals surface area contributed by atoms with Gasteiger partial charge < -0.3 is 15.5 Å². The summed E-state index contributed by atoms with van der Waals surface area (Å²) in [5.41, 5.74) is 2.65. The van der Waals surface area contributed by atoms with Gasteiger partial charge in [0.2, 0.25) is 5.91 Å². The fraction of sp³-hybridized carbons (Fsp3) is 0.222. The number of urea groups is 1. The van der Waals surface area contributed by atoms with Crippen molar-refractivity contribution in [3.8, 4) is 0 Å². The molecule has 1 aliphatic heterocycles. The van der Waals surface area contributed by atoms with E-state index in [1.54, 1.807) is 29.2 Å². The van der Waals surface area contributed by atoms with Crippen molar-refractivity contribution >= 4 is 34.9 Å². The van der Waals surface area contributed by atoms with Gasteiger partial charge in [-0.1, -0.05) is 29.3 Å². The number of nitrogens with one attached hydrogen (secondary N) is 2. The van der Waals surface area contributed by atoms with Crippen LogP contribution in [0.5, 0.6) is 0 Å². The lowest BCUT2D eigenvalue weighted by Gasteiger charge is -2.17. The molecule has 1 fully saturated rings. The normalized spacial score (nSPS) is 17.0. The molecule has 3 rings (SSSR count). The lowest BCUT2D eigenvalue weighted by atomic mass is 10.2. The SMILES string of the molecule is Cc1ccc(N2C[C@H](NC(=O)Nc3ccc(Cl)cc3)CC2=O)cc1. The van der Waals surface area contributed by atoms with Gasteiger partial charge in [0, 0.05) is 29.4 Å². The molecule has 2 aromatic rings. The van der Waals surface area contributed by atoms with Crippen molar-refractivity contribution in [3.05, 3.63) is 59.1 Å². The maximum absolute atomic E-state index is 12.2. The summed E-state index contributed by atoms with van der Waals surface area (Å²) in [4.78, 5) is 26.0. The minimum atomic E-state index is -0.333. The minimum Gasteiger partial charge on any atom is -0.333 e. The lowest BCUT2D eigenvalue weighted by molar-refractivity contribution is -0.117. The van der Waals surface area contributed by atoms with Crippen molar-refractivity contribution in [2.75, 3.05) is 16.8 Å². The Bertz CT molecular complexity index is 744. The number of carbonyl (C=O) groups is 2. The molecule has 1 aliphatic rings. The van der Waals surface area contributed by atoms with Crippen molar-refractivity contribution in [2.24, 2.45) is 0 Å². The van der Waals surface area contributed by atoms with E-state index < -0.39 is 0 Å². The highest BCUT2D eigenvalue weighted by molar-refractivity contribution is 6.30. The van der Waals surface area contributed by atoms with Gasteiger partial charge in [-0.3, -0.25) is 4.79 Å². The molecule has 0 radical (unpaired) electrons. The van der Waals surface area contributed by atoms with Crippen molar-refractivity contribution in [1.29, 1.82) is 0 Å². The Morgan fingerprint density at radius 3 is 2.46 bits per heavy atom. The average Bonchev–Trinajstić information content (AvgIpc) is 2.90. The first kappa shape index (κ1) is 16.3. The maximum Gasteiger partial charge on any atom is 0.319 e. The summed E-state index contributed by atoms with van der Waals surface area (Å²) in [6.45, 7) is 2.47. The van der Waals surface area contributed by atoms with Crippen molar-refractivity contribution < 1.29 is 9.59 Å². The summed E-state index contributed by atoms with van der Waals surface area (Å²) in [5.74, 6) is 0.00986. The molecule has 0 unspecified atom stereocenters. The third-order valence-electron chi connectivity index (χ3n) is 3.91. The van der Waals surface area contributed by atoms with Crippen LogP contribution in [-0.4, -0.2) is 24.5 Å². The molecule has 2 N–H and O–H groups in total. The van der Waals surface area contributed by atoms with Crippen LogP contribution in [0.1, 0.15) is 12.0 Å². The standard InChI is InChI=1S/C18H18ClN3O2/c1-12-2-8-16(9-3-12)22-11-15(10-17(22)23)21-18(24)20-14-6-4-13(19)5-7-14/h2-9,15H,10-11H2,1H3,(H2,20,21,24)/t15-/m1/s1. The third kappa shape index (κ3) is 3.86. The molecule has 24 heavy (non-hydrogen) atoms. The van der Waals surface area contributed by atoms with Crippen LogP contribution in [0.15, 0.2) is 48.5 Å². The van der Waals surface area contributed by atoms with E-state index in [9.17, 15) is 9.59 Å². The van der Waals surface area contributed by atoms with Crippen LogP contribution in [0.4, 0.5) is 16.2 Å². The number of hydrogen-bond acceptors (Lipinski definition) is 2. The monoisotopic (exact) mass is 343 g/mol. The highest BCUT2D eigenvalue weighted by Gasteiger charge is 2.31. The summed E-state index contributed by atoms with van der Waals surface area (Å²) in [7, 11) is 0. The first-order chi connectivity index (χ1) is 11.5. The van der Waals surface area contributed by atoms with Crippen LogP contribution in [0.2, 0.25) is 5.02 Å². The Labute approximate surface area is 145 Å². The number of amides is 3. The Balaban J connectivity index is 1.58. The molecule has 0 bridgehead atoms. The zero-order chi connectivity index (χ0) is 17.1. The first-order valence-corrected chi connectivity index (χ1v) is 8.09. The van der Waals surface area contributed by atoms with Gasteiger partial charge >= 0.3 is 6.03 Å². The number of nitrogens with zero attached hydrogens (tertiary/aromatic N) is 1. The second kappa shape index (κ2) is 6.93. The Kier molecular flexibility index (Phi) is 4.71. The van der Waals surface area contributed by atoms with Crippen LogP contribution >= 0.6 is 11.6 Å². The molecule has 0 aromatic heterocycles. The van der Waals surface area contributed by atoms with Gasteiger partial charge in [-0.05, 0) is 43.3 Å². The highest BCUT2D eigenvalue weighted by atomic mass is 35.5. The van der Waals surface area contributed by atoms with E-state index in [1.807, 2.05) is 31.2 Å². The summed E-state index contributed by atoms with van der Waals surface area (Å²) >= 11 is 5.81. The van der Waals surface area contributed by atoms with E-state index in [2.05, 4.69) is 10.6 Å². The Morgan fingerprint density at radius 1 is 1.12 bits per heavy atom. The lowest BCUT2D eigenvalue weighted by Crippen LogP contribution is -2.39. The Hall–Kier alpha value is -2.53. The zero-order valence-corrected chi connectivity index (χ0v) is 14.0. The zero-order valence-electron chi connectivity index (χ0n) is 13.3. The van der Waals surface area contributed by atoms with Crippen molar-refractivity contribution in [3.63, 3.8) is 0 Å². The maximum atomic E-state index is 12.2. The fourth-order valence-electron chi connectivity index (χ4n) is 2.66. The van der Waals surface area contributed by atoms with Gasteiger partial charge in [-0.15, -0.1) is 0 Å². The van der Waals surface area contributed by atoms with Gasteiger partial charge in [-0.25, -0.2) is 4.79 Å². The molecule has 0 saturated carbocycles. The molecule has 1 atom stereocenters. The average molecular weight is 344 g/mol. The van der Waals surface area contributed by atoms with Gasteiger partial charge in [0.05, 0.1) is 6.04 Å². The van der Waals surface area contributed by atoms with E-state index >= 15 is 0 Å². The predicted molar refractivity (Wildman–Crippen MR) is 95.5 cm³/mol.